The molecule has 8 nitrogen and oxygen atoms in total. The van der Waals surface area contributed by atoms with Crippen LogP contribution in [0.5, 0.6) is 11.8 Å². The number of hydrogen-bond donors (Lipinski definition) is 1. The van der Waals surface area contributed by atoms with E-state index < -0.39 is 6.04 Å². The lowest BCUT2D eigenvalue weighted by Crippen LogP contribution is -2.46. The van der Waals surface area contributed by atoms with E-state index in [0.29, 0.717) is 54.2 Å². The third kappa shape index (κ3) is 4.14. The number of ether oxygens (including phenoxy) is 1. The molecule has 2 aromatic rings. The van der Waals surface area contributed by atoms with Gasteiger partial charge in [0.2, 0.25) is 0 Å². The van der Waals surface area contributed by atoms with Gasteiger partial charge >= 0.3 is 6.01 Å². The van der Waals surface area contributed by atoms with Gasteiger partial charge < -0.3 is 14.7 Å². The minimum Gasteiger partial charge on any atom is -0.425 e. The van der Waals surface area contributed by atoms with Crippen LogP contribution in [0.25, 0.3) is 0 Å². The second-order valence-corrected chi connectivity index (χ2v) is 8.29. The quantitative estimate of drug-likeness (QED) is 0.625. The number of amides is 2. The van der Waals surface area contributed by atoms with E-state index in [2.05, 4.69) is 6.92 Å². The molecule has 2 amide bonds. The van der Waals surface area contributed by atoms with Gasteiger partial charge in [-0.15, -0.1) is 0 Å². The van der Waals surface area contributed by atoms with Crippen LogP contribution >= 0.6 is 11.6 Å². The Morgan fingerprint density at radius 2 is 2.10 bits per heavy atom. The lowest BCUT2D eigenvalue weighted by atomic mass is 10.2. The number of imidazole rings is 1. The third-order valence-electron chi connectivity index (χ3n) is 5.72. The molecule has 1 atom stereocenters. The van der Waals surface area contributed by atoms with Crippen LogP contribution in [0.2, 0.25) is 5.02 Å². The van der Waals surface area contributed by atoms with Crippen molar-refractivity contribution >= 4 is 29.2 Å². The predicted octanol–water partition coefficient (Wildman–Crippen LogP) is 3.46. The van der Waals surface area contributed by atoms with Gasteiger partial charge in [-0.25, -0.2) is 0 Å². The van der Waals surface area contributed by atoms with E-state index in [9.17, 15) is 14.7 Å². The number of aliphatic hydroxyl groups is 1. The molecule has 1 aromatic heterocycles. The van der Waals surface area contributed by atoms with Gasteiger partial charge in [-0.05, 0) is 43.9 Å². The lowest BCUT2D eigenvalue weighted by molar-refractivity contribution is -0.129. The van der Waals surface area contributed by atoms with Gasteiger partial charge in [0.25, 0.3) is 11.8 Å². The molecule has 3 heterocycles. The molecule has 31 heavy (non-hydrogen) atoms. The highest BCUT2D eigenvalue weighted by Gasteiger charge is 2.45. The fraction of sp³-hybridized carbons (Fsp3) is 0.500. The number of nitrogens with zero attached hydrogens (tertiary/aromatic N) is 4. The summed E-state index contributed by atoms with van der Waals surface area (Å²) in [6.07, 6.45) is 3.62. The monoisotopic (exact) mass is 446 g/mol. The van der Waals surface area contributed by atoms with Gasteiger partial charge in [0.05, 0.1) is 0 Å². The maximum Gasteiger partial charge on any atom is 0.304 e. The van der Waals surface area contributed by atoms with Crippen LogP contribution in [0.3, 0.4) is 0 Å². The average molecular weight is 447 g/mol. The number of halogens is 1. The average Bonchev–Trinajstić information content (AvgIpc) is 3.35. The van der Waals surface area contributed by atoms with Crippen LogP contribution in [0.15, 0.2) is 24.3 Å². The number of aromatic nitrogens is 2. The van der Waals surface area contributed by atoms with Crippen molar-refractivity contribution in [1.82, 2.24) is 14.5 Å². The summed E-state index contributed by atoms with van der Waals surface area (Å²) in [6.45, 7) is 3.37. The topological polar surface area (TPSA) is 87.9 Å². The number of imide groups is 1. The first-order valence-corrected chi connectivity index (χ1v) is 11.2. The number of rotatable bonds is 8. The number of carbonyl (C=O) groups excluding carboxylic acids is 2. The van der Waals surface area contributed by atoms with E-state index in [4.69, 9.17) is 21.3 Å². The molecule has 0 spiro atoms. The van der Waals surface area contributed by atoms with E-state index in [-0.39, 0.29) is 25.0 Å². The van der Waals surface area contributed by atoms with Gasteiger partial charge in [-0.3, -0.25) is 19.1 Å². The molecular formula is C22H27ClN4O4. The van der Waals surface area contributed by atoms with Crippen molar-refractivity contribution in [3.05, 3.63) is 35.0 Å². The molecule has 0 unspecified atom stereocenters. The molecule has 0 saturated carbocycles. The lowest BCUT2D eigenvalue weighted by Gasteiger charge is -2.24. The van der Waals surface area contributed by atoms with Crippen LogP contribution in [0.1, 0.15) is 49.5 Å². The fourth-order valence-corrected chi connectivity index (χ4v) is 4.37. The van der Waals surface area contributed by atoms with Crippen molar-refractivity contribution in [3.8, 4) is 11.8 Å². The van der Waals surface area contributed by atoms with Crippen molar-refractivity contribution in [1.29, 1.82) is 0 Å². The summed E-state index contributed by atoms with van der Waals surface area (Å²) in [5.74, 6) is 0.435. The van der Waals surface area contributed by atoms with E-state index in [1.807, 2.05) is 4.90 Å². The number of hydrogen-bond acceptors (Lipinski definition) is 6. The van der Waals surface area contributed by atoms with E-state index >= 15 is 0 Å². The van der Waals surface area contributed by atoms with E-state index in [0.717, 1.165) is 19.3 Å². The molecule has 0 radical (unpaired) electrons. The Kier molecular flexibility index (Phi) is 6.48. The van der Waals surface area contributed by atoms with Crippen LogP contribution in [-0.2, 0) is 11.3 Å². The molecule has 2 aliphatic rings. The van der Waals surface area contributed by atoms with Crippen LogP contribution in [0.4, 0.5) is 5.82 Å². The molecule has 1 fully saturated rings. The number of fused-ring (bicyclic) bond motifs is 3. The van der Waals surface area contributed by atoms with Crippen molar-refractivity contribution < 1.29 is 19.4 Å². The number of aliphatic hydroxyl groups excluding tert-OH is 1. The molecule has 1 N–H and O–H groups in total. The van der Waals surface area contributed by atoms with Gasteiger partial charge in [0, 0.05) is 31.3 Å². The molecule has 0 bridgehead atoms. The Morgan fingerprint density at radius 3 is 2.84 bits per heavy atom. The Balaban J connectivity index is 1.81. The molecule has 4 rings (SSSR count). The third-order valence-corrected chi connectivity index (χ3v) is 5.95. The van der Waals surface area contributed by atoms with Crippen molar-refractivity contribution in [2.24, 2.45) is 0 Å². The van der Waals surface area contributed by atoms with Gasteiger partial charge in [0.15, 0.2) is 11.5 Å². The second kappa shape index (κ2) is 9.28. The first-order valence-electron chi connectivity index (χ1n) is 10.8. The molecule has 2 aliphatic heterocycles. The minimum absolute atomic E-state index is 0.0868. The van der Waals surface area contributed by atoms with Crippen molar-refractivity contribution in [2.75, 3.05) is 24.6 Å². The highest BCUT2D eigenvalue weighted by molar-refractivity contribution is 6.30. The summed E-state index contributed by atoms with van der Waals surface area (Å²) >= 11 is 6.10. The number of carbonyl (C=O) groups is 2. The number of benzene rings is 1. The molecule has 0 aliphatic carbocycles. The summed E-state index contributed by atoms with van der Waals surface area (Å²) in [5.41, 5.74) is 0.376. The summed E-state index contributed by atoms with van der Waals surface area (Å²) < 4.78 is 7.85. The van der Waals surface area contributed by atoms with Gasteiger partial charge in [0.1, 0.15) is 11.8 Å². The zero-order valence-electron chi connectivity index (χ0n) is 17.6. The normalized spacial score (nSPS) is 18.2. The SMILES string of the molecule is CCCCn1c(Oc2cccc(Cl)c2)nc2c1C(=O)N(CCCO)C(=O)[C@@H]1CCCN21. The summed E-state index contributed by atoms with van der Waals surface area (Å²) in [5, 5.41) is 9.82. The summed E-state index contributed by atoms with van der Waals surface area (Å²) in [6, 6.07) is 6.93. The van der Waals surface area contributed by atoms with Crippen molar-refractivity contribution in [3.63, 3.8) is 0 Å². The summed E-state index contributed by atoms with van der Waals surface area (Å²) in [7, 11) is 0. The van der Waals surface area contributed by atoms with Gasteiger partial charge in [-0.2, -0.15) is 4.98 Å². The fourth-order valence-electron chi connectivity index (χ4n) is 4.19. The first kappa shape index (κ1) is 21.6. The second-order valence-electron chi connectivity index (χ2n) is 7.85. The standard InChI is InChI=1S/C22H27ClN4O4/c1-2-3-10-26-18-19(24-22(26)31-16-8-4-7-15(23)14-16)25-11-5-9-17(25)20(29)27(21(18)30)12-6-13-28/h4,7-8,14,17,28H,2-3,5-6,9-13H2,1H3/t17-/m0/s1. The smallest absolute Gasteiger partial charge is 0.304 e. The highest BCUT2D eigenvalue weighted by Crippen LogP contribution is 2.37. The Morgan fingerprint density at radius 1 is 1.26 bits per heavy atom. The molecule has 166 valence electrons. The van der Waals surface area contributed by atoms with Crippen LogP contribution < -0.4 is 9.64 Å². The molecule has 1 aromatic carbocycles. The Bertz CT molecular complexity index is 976. The Labute approximate surface area is 186 Å². The zero-order chi connectivity index (χ0) is 22.0. The minimum atomic E-state index is -0.419. The van der Waals surface area contributed by atoms with Gasteiger partial charge in [-0.1, -0.05) is 31.0 Å². The van der Waals surface area contributed by atoms with E-state index in [1.165, 1.54) is 4.90 Å². The van der Waals surface area contributed by atoms with E-state index in [1.54, 1.807) is 28.8 Å². The van der Waals surface area contributed by atoms with Crippen LogP contribution in [-0.4, -0.2) is 57.1 Å². The number of unbranched alkanes of at least 4 members (excludes halogenated alkanes) is 1. The Hall–Kier alpha value is -2.58. The maximum atomic E-state index is 13.5. The van der Waals surface area contributed by atoms with Crippen molar-refractivity contribution in [2.45, 2.75) is 51.6 Å². The predicted molar refractivity (Wildman–Crippen MR) is 117 cm³/mol. The highest BCUT2D eigenvalue weighted by atomic mass is 35.5. The van der Waals surface area contributed by atoms with Crippen LogP contribution in [0, 0.1) is 0 Å². The number of anilines is 1. The molecule has 1 saturated heterocycles. The molecule has 9 heteroatoms. The largest absolute Gasteiger partial charge is 0.425 e. The molecular weight excluding hydrogens is 420 g/mol. The first-order chi connectivity index (χ1) is 15.0. The summed E-state index contributed by atoms with van der Waals surface area (Å²) in [4.78, 5) is 34.6. The maximum absolute atomic E-state index is 13.5. The zero-order valence-corrected chi connectivity index (χ0v) is 18.3.